The Bertz CT molecular complexity index is 1460. The average Bonchev–Trinajstić information content (AvgIpc) is 3.36. The van der Waals surface area contributed by atoms with Crippen LogP contribution in [-0.2, 0) is 11.3 Å². The predicted octanol–water partition coefficient (Wildman–Crippen LogP) is 6.06. The van der Waals surface area contributed by atoms with Crippen molar-refractivity contribution in [1.82, 2.24) is 14.4 Å². The number of thioether (sulfide) groups is 1. The van der Waals surface area contributed by atoms with Gasteiger partial charge in [0, 0.05) is 53.9 Å². The fourth-order valence-corrected chi connectivity index (χ4v) is 6.47. The van der Waals surface area contributed by atoms with Gasteiger partial charge < -0.3 is 30.1 Å². The molecule has 2 fully saturated rings. The second kappa shape index (κ2) is 14.6. The first kappa shape index (κ1) is 32.1. The largest absolute Gasteiger partial charge is 0.481 e. The number of benzene rings is 2. The number of likely N-dealkylation sites (tertiary alicyclic amines) is 2. The third kappa shape index (κ3) is 8.65. The Morgan fingerprint density at radius 3 is 2.27 bits per heavy atom. The molecule has 0 spiro atoms. The molecule has 7 nitrogen and oxygen atoms in total. The highest BCUT2D eigenvalue weighted by Crippen LogP contribution is 2.31. The van der Waals surface area contributed by atoms with E-state index in [4.69, 9.17) is 0 Å². The van der Waals surface area contributed by atoms with Gasteiger partial charge in [-0.1, -0.05) is 12.0 Å². The van der Waals surface area contributed by atoms with Crippen LogP contribution in [0.25, 0.3) is 10.9 Å². The lowest BCUT2D eigenvalue weighted by Gasteiger charge is -2.36. The van der Waals surface area contributed by atoms with Crippen LogP contribution in [-0.4, -0.2) is 89.7 Å². The van der Waals surface area contributed by atoms with Crippen molar-refractivity contribution >= 4 is 40.0 Å². The first-order chi connectivity index (χ1) is 21.2. The van der Waals surface area contributed by atoms with Crippen molar-refractivity contribution in [3.8, 4) is 11.8 Å². The van der Waals surface area contributed by atoms with Crippen molar-refractivity contribution in [2.75, 3.05) is 62.7 Å². The molecule has 236 valence electrons. The molecule has 2 aliphatic rings. The lowest BCUT2D eigenvalue weighted by Crippen LogP contribution is -2.44. The number of nitrogens with zero attached hydrogens (tertiary/aromatic N) is 3. The molecule has 0 saturated carbocycles. The first-order valence-electron chi connectivity index (χ1n) is 15.2. The van der Waals surface area contributed by atoms with E-state index in [1.807, 2.05) is 36.6 Å². The molecular formula is C33H40F3N5O2S. The molecule has 0 amide bonds. The van der Waals surface area contributed by atoms with Crippen LogP contribution < -0.4 is 10.6 Å². The number of carbonyl (C=O) groups is 1. The molecule has 2 saturated heterocycles. The normalized spacial score (nSPS) is 17.4. The highest BCUT2D eigenvalue weighted by molar-refractivity contribution is 7.98. The van der Waals surface area contributed by atoms with Crippen LogP contribution in [0.1, 0.15) is 31.4 Å². The summed E-state index contributed by atoms with van der Waals surface area (Å²) in [5.41, 5.74) is 2.60. The van der Waals surface area contributed by atoms with Crippen molar-refractivity contribution in [3.05, 3.63) is 54.2 Å². The van der Waals surface area contributed by atoms with Crippen molar-refractivity contribution < 1.29 is 23.1 Å². The Morgan fingerprint density at radius 1 is 1.00 bits per heavy atom. The average molecular weight is 628 g/mol. The number of carboxylic acids is 1. The third-order valence-corrected chi connectivity index (χ3v) is 9.33. The number of aliphatic carboxylic acids is 1. The second-order valence-electron chi connectivity index (χ2n) is 11.6. The molecule has 3 heterocycles. The number of anilines is 2. The van der Waals surface area contributed by atoms with Gasteiger partial charge in [-0.3, -0.25) is 4.79 Å². The lowest BCUT2D eigenvalue weighted by atomic mass is 9.97. The summed E-state index contributed by atoms with van der Waals surface area (Å²) >= 11 is 1.66. The van der Waals surface area contributed by atoms with Gasteiger partial charge in [0.05, 0.1) is 23.7 Å². The Kier molecular flexibility index (Phi) is 10.7. The van der Waals surface area contributed by atoms with E-state index in [2.05, 4.69) is 32.3 Å². The number of halogens is 3. The number of nitrogens with one attached hydrogen (secondary N) is 2. The third-order valence-electron chi connectivity index (χ3n) is 8.59. The molecule has 3 N–H and O–H groups in total. The van der Waals surface area contributed by atoms with Gasteiger partial charge in [0.1, 0.15) is 6.54 Å². The van der Waals surface area contributed by atoms with Gasteiger partial charge in [0.15, 0.2) is 0 Å². The molecule has 44 heavy (non-hydrogen) atoms. The van der Waals surface area contributed by atoms with E-state index in [9.17, 15) is 23.1 Å². The van der Waals surface area contributed by atoms with Crippen molar-refractivity contribution in [2.45, 2.75) is 49.3 Å². The van der Waals surface area contributed by atoms with Gasteiger partial charge >= 0.3 is 12.1 Å². The van der Waals surface area contributed by atoms with Crippen LogP contribution in [0.15, 0.2) is 53.4 Å². The summed E-state index contributed by atoms with van der Waals surface area (Å²) in [5.74, 6) is 5.09. The van der Waals surface area contributed by atoms with Crippen LogP contribution in [0, 0.1) is 17.8 Å². The van der Waals surface area contributed by atoms with Gasteiger partial charge in [-0.15, -0.1) is 11.8 Å². The van der Waals surface area contributed by atoms with Gasteiger partial charge in [-0.25, -0.2) is 0 Å². The molecular weight excluding hydrogens is 587 g/mol. The summed E-state index contributed by atoms with van der Waals surface area (Å²) in [6.45, 7) is 4.68. The van der Waals surface area contributed by atoms with E-state index < -0.39 is 18.7 Å². The van der Waals surface area contributed by atoms with E-state index in [-0.39, 0.29) is 12.0 Å². The summed E-state index contributed by atoms with van der Waals surface area (Å²) in [6, 6.07) is 15.4. The van der Waals surface area contributed by atoms with Crippen LogP contribution >= 0.6 is 11.8 Å². The second-order valence-corrected chi connectivity index (χ2v) is 12.4. The minimum absolute atomic E-state index is 0.212. The summed E-state index contributed by atoms with van der Waals surface area (Å²) in [5, 5.41) is 16.8. The number of alkyl halides is 3. The Labute approximate surface area is 261 Å². The summed E-state index contributed by atoms with van der Waals surface area (Å²) in [7, 11) is 0. The molecule has 11 heteroatoms. The van der Waals surface area contributed by atoms with Crippen LogP contribution in [0.3, 0.4) is 0 Å². The first-order valence-corrected chi connectivity index (χ1v) is 16.4. The quantitative estimate of drug-likeness (QED) is 0.186. The number of rotatable bonds is 10. The Balaban J connectivity index is 1.20. The van der Waals surface area contributed by atoms with E-state index in [0.717, 1.165) is 73.8 Å². The summed E-state index contributed by atoms with van der Waals surface area (Å²) in [6.07, 6.45) is 0.956. The maximum Gasteiger partial charge on any atom is 0.406 e. The molecule has 0 aliphatic carbocycles. The number of aromatic nitrogens is 1. The molecule has 2 aliphatic heterocycles. The number of fused-ring (bicyclic) bond motifs is 1. The zero-order valence-electron chi connectivity index (χ0n) is 25.0. The van der Waals surface area contributed by atoms with Crippen molar-refractivity contribution in [3.63, 3.8) is 0 Å². The van der Waals surface area contributed by atoms with Crippen LogP contribution in [0.5, 0.6) is 0 Å². The van der Waals surface area contributed by atoms with Gasteiger partial charge in [0.25, 0.3) is 0 Å². The van der Waals surface area contributed by atoms with Gasteiger partial charge in [0.2, 0.25) is 0 Å². The molecule has 1 aromatic heterocycles. The summed E-state index contributed by atoms with van der Waals surface area (Å²) in [4.78, 5) is 17.2. The highest BCUT2D eigenvalue weighted by Gasteiger charge is 2.30. The Hall–Kier alpha value is -3.33. The van der Waals surface area contributed by atoms with Crippen molar-refractivity contribution in [1.29, 1.82) is 0 Å². The number of carboxylic acid groups (broad SMARTS) is 1. The fraction of sp³-hybridized carbons (Fsp3) is 0.485. The lowest BCUT2D eigenvalue weighted by molar-refractivity contribution is -0.143. The van der Waals surface area contributed by atoms with E-state index in [1.165, 1.54) is 4.57 Å². The minimum atomic E-state index is -4.37. The molecule has 0 bridgehead atoms. The maximum atomic E-state index is 13.6. The highest BCUT2D eigenvalue weighted by atomic mass is 32.2. The van der Waals surface area contributed by atoms with Crippen LogP contribution in [0.2, 0.25) is 0 Å². The van der Waals surface area contributed by atoms with E-state index in [1.54, 1.807) is 30.0 Å². The van der Waals surface area contributed by atoms with Crippen LogP contribution in [0.4, 0.5) is 24.5 Å². The molecule has 2 aromatic carbocycles. The molecule has 5 rings (SSSR count). The SMILES string of the molecule is CSc1ccc(NCC#Cc2cc3c(NC4CCN(CCN5CCC(C(=O)O)CC5)CC4)cccc3n2CC(F)(F)F)cc1. The monoisotopic (exact) mass is 627 g/mol. The summed E-state index contributed by atoms with van der Waals surface area (Å²) < 4.78 is 42.1. The molecule has 3 aromatic rings. The van der Waals surface area contributed by atoms with Gasteiger partial charge in [-0.05, 0) is 93.4 Å². The van der Waals surface area contributed by atoms with Gasteiger partial charge in [-0.2, -0.15) is 13.2 Å². The maximum absolute atomic E-state index is 13.6. The topological polar surface area (TPSA) is 72.8 Å². The molecule has 0 radical (unpaired) electrons. The molecule has 0 atom stereocenters. The van der Waals surface area contributed by atoms with Crippen molar-refractivity contribution in [2.24, 2.45) is 5.92 Å². The smallest absolute Gasteiger partial charge is 0.406 e. The Morgan fingerprint density at radius 2 is 1.66 bits per heavy atom. The van der Waals surface area contributed by atoms with E-state index >= 15 is 0 Å². The zero-order chi connectivity index (χ0) is 31.1. The fourth-order valence-electron chi connectivity index (χ4n) is 6.06. The number of hydrogen-bond donors (Lipinski definition) is 3. The predicted molar refractivity (Wildman–Crippen MR) is 171 cm³/mol. The number of piperidine rings is 2. The molecule has 0 unspecified atom stereocenters. The number of hydrogen-bond acceptors (Lipinski definition) is 6. The minimum Gasteiger partial charge on any atom is -0.481 e. The zero-order valence-corrected chi connectivity index (χ0v) is 25.8. The standard InChI is InChI=1S/C33H40F3N5O2S/c1-44-28-9-7-25(8-10-28)37-15-3-4-27-22-29-30(5-2-6-31(29)41(27)23-33(34,35)36)38-26-13-18-40(19-14-26)21-20-39-16-11-24(12-17-39)32(42)43/h2,5-10,22,24,26,37-38H,11-21,23H2,1H3,(H,42,43). The van der Waals surface area contributed by atoms with E-state index in [0.29, 0.717) is 30.6 Å².